The molecular weight excluding hydrogens is 1130 g/mol. The molecule has 0 rings (SSSR count). The molecule has 0 aromatic heterocycles. The summed E-state index contributed by atoms with van der Waals surface area (Å²) in [6.45, 7) is 4.51. The van der Waals surface area contributed by atoms with E-state index in [0.29, 0.717) is 17.4 Å². The molecule has 0 saturated carbocycles. The van der Waals surface area contributed by atoms with Crippen molar-refractivity contribution in [1.82, 2.24) is 0 Å². The summed E-state index contributed by atoms with van der Waals surface area (Å²) >= 11 is 0. The molecule has 0 aromatic rings. The Morgan fingerprint density at radius 1 is 0.330 bits per heavy atom. The standard InChI is InChI=1S/C82H133NO8/c1-6-8-10-12-14-16-18-20-22-24-26-28-30-32-34-36-37-38-39-40-41-42-43-45-47-49-51-53-55-57-59-61-63-65-67-69-71-73-80(85)91-78(77-90-82(81(86)87)88-75-74-83(3,4)5)76-89-79(84)72-70-68-66-64-62-60-58-56-54-52-50-48-46-44-35-33-31-29-27-25-23-21-19-17-15-13-11-9-7-2/h8-11,14-17,20-23,26-29,32-35,37-38,40-41,43,45-46,48,78,82H,6-7,12-13,18-19,24-25,30-31,36,39,42,44,47,49-77H2,1-5H3/b10-8-,11-9-,16-14-,17-15-,22-20-,23-21-,28-26-,29-27-,34-32-,35-33-,38-37-,41-40-,45-43-,48-46-. The van der Waals surface area contributed by atoms with Crippen molar-refractivity contribution in [3.63, 3.8) is 0 Å². The minimum atomic E-state index is -1.63. The summed E-state index contributed by atoms with van der Waals surface area (Å²) in [5, 5.41) is 11.8. The van der Waals surface area contributed by atoms with Crippen molar-refractivity contribution in [2.24, 2.45) is 0 Å². The van der Waals surface area contributed by atoms with Gasteiger partial charge in [0.2, 0.25) is 0 Å². The summed E-state index contributed by atoms with van der Waals surface area (Å²) in [6.07, 6.45) is 103. The van der Waals surface area contributed by atoms with Gasteiger partial charge in [0, 0.05) is 12.8 Å². The molecule has 0 N–H and O–H groups in total. The van der Waals surface area contributed by atoms with Crippen LogP contribution >= 0.6 is 0 Å². The van der Waals surface area contributed by atoms with Gasteiger partial charge in [0.05, 0.1) is 40.3 Å². The maximum absolute atomic E-state index is 13.0. The Labute approximate surface area is 558 Å². The monoisotopic (exact) mass is 1260 g/mol. The Morgan fingerprint density at radius 2 is 0.593 bits per heavy atom. The SMILES string of the molecule is CC/C=C\C/C=C\C/C=C\C/C=C\C/C=C\C/C=C\C/C=C\C/C=C\CCCCCCCCCCCCCCC(=O)OC(COC(=O)CCCCCCCCCCCC/C=C\C/C=C\C/C=C\C/C=C\C/C=C\C/C=C\CC)COC(OCC[N+](C)(C)C)C(=O)[O-]. The quantitative estimate of drug-likeness (QED) is 0.0195. The number of unbranched alkanes of at least 4 members (excludes halogenated alkanes) is 22. The Balaban J connectivity index is 4.16. The number of quaternary nitrogens is 1. The smallest absolute Gasteiger partial charge is 0.306 e. The van der Waals surface area contributed by atoms with Crippen LogP contribution in [0.15, 0.2) is 170 Å². The highest BCUT2D eigenvalue weighted by atomic mass is 16.7. The predicted molar refractivity (Wildman–Crippen MR) is 388 cm³/mol. The van der Waals surface area contributed by atoms with Crippen LogP contribution in [0.4, 0.5) is 0 Å². The molecule has 0 spiro atoms. The van der Waals surface area contributed by atoms with E-state index in [1.54, 1.807) is 0 Å². The highest BCUT2D eigenvalue weighted by Crippen LogP contribution is 2.16. The first kappa shape index (κ1) is 85.7. The van der Waals surface area contributed by atoms with E-state index in [4.69, 9.17) is 18.9 Å². The molecule has 2 atom stereocenters. The van der Waals surface area contributed by atoms with Crippen LogP contribution in [0, 0.1) is 0 Å². The molecule has 0 aliphatic carbocycles. The molecule has 0 aromatic carbocycles. The number of carboxylic acid groups (broad SMARTS) is 1. The van der Waals surface area contributed by atoms with Gasteiger partial charge >= 0.3 is 11.9 Å². The van der Waals surface area contributed by atoms with Crippen LogP contribution in [0.3, 0.4) is 0 Å². The zero-order valence-electron chi connectivity index (χ0n) is 58.6. The van der Waals surface area contributed by atoms with Gasteiger partial charge in [0.1, 0.15) is 13.2 Å². The number of ether oxygens (including phenoxy) is 4. The fourth-order valence-corrected chi connectivity index (χ4v) is 9.50. The number of aliphatic carboxylic acids is 1. The summed E-state index contributed by atoms with van der Waals surface area (Å²) < 4.78 is 22.8. The van der Waals surface area contributed by atoms with Crippen molar-refractivity contribution in [1.29, 1.82) is 0 Å². The number of nitrogens with zero attached hydrogens (tertiary/aromatic N) is 1. The van der Waals surface area contributed by atoms with Crippen molar-refractivity contribution >= 4 is 17.9 Å². The molecule has 91 heavy (non-hydrogen) atoms. The van der Waals surface area contributed by atoms with E-state index in [2.05, 4.69) is 184 Å². The summed E-state index contributed by atoms with van der Waals surface area (Å²) in [7, 11) is 5.92. The van der Waals surface area contributed by atoms with Gasteiger partial charge in [-0.1, -0.05) is 300 Å². The van der Waals surface area contributed by atoms with Gasteiger partial charge in [-0.2, -0.15) is 0 Å². The normalized spacial score (nSPS) is 13.7. The fourth-order valence-electron chi connectivity index (χ4n) is 9.50. The van der Waals surface area contributed by atoms with Gasteiger partial charge in [0.15, 0.2) is 12.4 Å². The molecule has 514 valence electrons. The number of esters is 2. The Kier molecular flexibility index (Phi) is 66.4. The molecule has 0 heterocycles. The lowest BCUT2D eigenvalue weighted by Gasteiger charge is -2.26. The zero-order valence-corrected chi connectivity index (χ0v) is 58.6. The van der Waals surface area contributed by atoms with E-state index in [-0.39, 0.29) is 38.6 Å². The van der Waals surface area contributed by atoms with E-state index in [0.717, 1.165) is 148 Å². The van der Waals surface area contributed by atoms with Gasteiger partial charge < -0.3 is 33.3 Å². The van der Waals surface area contributed by atoms with Gasteiger partial charge in [0.25, 0.3) is 0 Å². The number of carbonyl (C=O) groups is 3. The second-order valence-electron chi connectivity index (χ2n) is 24.8. The lowest BCUT2D eigenvalue weighted by molar-refractivity contribution is -0.870. The molecule has 9 nitrogen and oxygen atoms in total. The number of likely N-dealkylation sites (N-methyl/N-ethyl adjacent to an activating group) is 1. The minimum Gasteiger partial charge on any atom is -0.545 e. The Morgan fingerprint density at radius 3 is 0.879 bits per heavy atom. The molecular formula is C82H133NO8. The van der Waals surface area contributed by atoms with Crippen molar-refractivity contribution in [2.75, 3.05) is 47.5 Å². The van der Waals surface area contributed by atoms with Crippen molar-refractivity contribution in [3.05, 3.63) is 170 Å². The van der Waals surface area contributed by atoms with Gasteiger partial charge in [-0.15, -0.1) is 0 Å². The average molecular weight is 1260 g/mol. The summed E-state index contributed by atoms with van der Waals surface area (Å²) in [5.74, 6) is -2.30. The van der Waals surface area contributed by atoms with E-state index in [9.17, 15) is 19.5 Å². The Hall–Kier alpha value is -5.35. The third-order valence-corrected chi connectivity index (χ3v) is 15.0. The molecule has 0 aliphatic heterocycles. The van der Waals surface area contributed by atoms with Gasteiger partial charge in [-0.3, -0.25) is 9.59 Å². The molecule has 0 amide bonds. The molecule has 9 heteroatoms. The van der Waals surface area contributed by atoms with Crippen LogP contribution in [-0.2, 0) is 33.3 Å². The summed E-state index contributed by atoms with van der Waals surface area (Å²) in [4.78, 5) is 37.5. The van der Waals surface area contributed by atoms with Crippen molar-refractivity contribution < 1.29 is 42.9 Å². The summed E-state index contributed by atoms with van der Waals surface area (Å²) in [6, 6.07) is 0. The van der Waals surface area contributed by atoms with E-state index in [1.807, 2.05) is 21.1 Å². The maximum atomic E-state index is 13.0. The van der Waals surface area contributed by atoms with Gasteiger partial charge in [-0.05, 0) is 128 Å². The van der Waals surface area contributed by atoms with Crippen LogP contribution in [-0.4, -0.2) is 82.3 Å². The van der Waals surface area contributed by atoms with Crippen LogP contribution < -0.4 is 5.11 Å². The first-order valence-corrected chi connectivity index (χ1v) is 36.3. The van der Waals surface area contributed by atoms with E-state index in [1.165, 1.54) is 89.9 Å². The molecule has 0 aliphatic rings. The lowest BCUT2D eigenvalue weighted by atomic mass is 10.0. The number of hydrogen-bond acceptors (Lipinski definition) is 8. The van der Waals surface area contributed by atoms with Crippen LogP contribution in [0.1, 0.15) is 271 Å². The zero-order chi connectivity index (χ0) is 66.1. The van der Waals surface area contributed by atoms with E-state index < -0.39 is 24.3 Å². The number of rotatable bonds is 65. The van der Waals surface area contributed by atoms with Crippen LogP contribution in [0.2, 0.25) is 0 Å². The fraction of sp³-hybridized carbons (Fsp3) is 0.622. The minimum absolute atomic E-state index is 0.139. The van der Waals surface area contributed by atoms with Gasteiger partial charge in [-0.25, -0.2) is 0 Å². The number of hydrogen-bond donors (Lipinski definition) is 0. The molecule has 0 fully saturated rings. The molecule has 0 bridgehead atoms. The third kappa shape index (κ3) is 71.9. The molecule has 0 radical (unpaired) electrons. The second kappa shape index (κ2) is 70.5. The average Bonchev–Trinajstić information content (AvgIpc) is 3.50. The van der Waals surface area contributed by atoms with Crippen LogP contribution in [0.25, 0.3) is 0 Å². The van der Waals surface area contributed by atoms with E-state index >= 15 is 0 Å². The highest BCUT2D eigenvalue weighted by Gasteiger charge is 2.22. The highest BCUT2D eigenvalue weighted by molar-refractivity contribution is 5.70. The summed E-state index contributed by atoms with van der Waals surface area (Å²) in [5.41, 5.74) is 0. The third-order valence-electron chi connectivity index (χ3n) is 15.0. The maximum Gasteiger partial charge on any atom is 0.306 e. The predicted octanol–water partition coefficient (Wildman–Crippen LogP) is 21.7. The molecule has 0 saturated heterocycles. The topological polar surface area (TPSA) is 111 Å². The number of allylic oxidation sites excluding steroid dienone is 28. The van der Waals surface area contributed by atoms with Crippen molar-refractivity contribution in [2.45, 2.75) is 283 Å². The largest absolute Gasteiger partial charge is 0.545 e. The number of carbonyl (C=O) groups excluding carboxylic acids is 3. The second-order valence-corrected chi connectivity index (χ2v) is 24.8. The first-order valence-electron chi connectivity index (χ1n) is 36.3. The number of carboxylic acids is 1. The van der Waals surface area contributed by atoms with Crippen LogP contribution in [0.5, 0.6) is 0 Å². The Bertz CT molecular complexity index is 2100. The molecule has 2 unspecified atom stereocenters. The lowest BCUT2D eigenvalue weighted by Crippen LogP contribution is -2.44. The van der Waals surface area contributed by atoms with Crippen molar-refractivity contribution in [3.8, 4) is 0 Å². The first-order chi connectivity index (χ1) is 44.6.